The molecule has 2 nitrogen and oxygen atoms in total. The molecule has 0 aromatic carbocycles. The number of aromatic nitrogens is 1. The summed E-state index contributed by atoms with van der Waals surface area (Å²) in [4.78, 5) is 0. The van der Waals surface area contributed by atoms with Gasteiger partial charge in [0.1, 0.15) is 11.8 Å². The van der Waals surface area contributed by atoms with Crippen LogP contribution in [0.15, 0.2) is 12.1 Å². The van der Waals surface area contributed by atoms with E-state index in [1.54, 1.807) is 0 Å². The molecule has 2 heteroatoms. The maximum Gasteiger partial charge on any atom is 0.120 e. The summed E-state index contributed by atoms with van der Waals surface area (Å²) in [5.74, 6) is 0. The van der Waals surface area contributed by atoms with E-state index >= 15 is 0 Å². The Kier molecular flexibility index (Phi) is 3.13. The molecular formula is C11H16N2. The Bertz CT molecular complexity index is 317. The summed E-state index contributed by atoms with van der Waals surface area (Å²) >= 11 is 0. The normalized spacial score (nSPS) is 12.5. The molecule has 1 rings (SSSR count). The smallest absolute Gasteiger partial charge is 0.120 e. The van der Waals surface area contributed by atoms with E-state index in [-0.39, 0.29) is 0 Å². The van der Waals surface area contributed by atoms with E-state index in [9.17, 15) is 0 Å². The van der Waals surface area contributed by atoms with E-state index in [2.05, 4.69) is 31.4 Å². The van der Waals surface area contributed by atoms with Crippen molar-refractivity contribution in [1.82, 2.24) is 4.57 Å². The molecule has 1 aromatic heterocycles. The Morgan fingerprint density at radius 3 is 2.62 bits per heavy atom. The molecule has 70 valence electrons. The van der Waals surface area contributed by atoms with Gasteiger partial charge in [-0.25, -0.2) is 0 Å². The lowest BCUT2D eigenvalue weighted by molar-refractivity contribution is 0.512. The maximum absolute atomic E-state index is 8.90. The fourth-order valence-corrected chi connectivity index (χ4v) is 1.57. The van der Waals surface area contributed by atoms with Gasteiger partial charge in [0, 0.05) is 11.7 Å². The van der Waals surface area contributed by atoms with Crippen LogP contribution < -0.4 is 0 Å². The first kappa shape index (κ1) is 9.85. The third kappa shape index (κ3) is 1.75. The Morgan fingerprint density at radius 1 is 1.46 bits per heavy atom. The van der Waals surface area contributed by atoms with Gasteiger partial charge in [-0.05, 0) is 31.9 Å². The largest absolute Gasteiger partial charge is 0.334 e. The molecule has 1 atom stereocenters. The maximum atomic E-state index is 8.90. The summed E-state index contributed by atoms with van der Waals surface area (Å²) in [5.41, 5.74) is 2.04. The third-order valence-corrected chi connectivity index (χ3v) is 2.51. The van der Waals surface area contributed by atoms with Crippen molar-refractivity contribution in [3.63, 3.8) is 0 Å². The minimum Gasteiger partial charge on any atom is -0.334 e. The molecule has 13 heavy (non-hydrogen) atoms. The molecule has 0 aliphatic rings. The van der Waals surface area contributed by atoms with Gasteiger partial charge in [0.15, 0.2) is 0 Å². The molecule has 1 aromatic rings. The standard InChI is InChI=1S/C11H16N2/c1-4-9(3)13-10(5-2)6-7-11(13)8-12/h6-7,9H,4-5H2,1-3H3. The average molecular weight is 176 g/mol. The summed E-state index contributed by atoms with van der Waals surface area (Å²) in [7, 11) is 0. The molecular weight excluding hydrogens is 160 g/mol. The van der Waals surface area contributed by atoms with Crippen molar-refractivity contribution in [2.45, 2.75) is 39.7 Å². The molecule has 0 fully saturated rings. The van der Waals surface area contributed by atoms with Crippen LogP contribution in [-0.4, -0.2) is 4.57 Å². The minimum atomic E-state index is 0.430. The summed E-state index contributed by atoms with van der Waals surface area (Å²) in [6.45, 7) is 6.42. The van der Waals surface area contributed by atoms with Crippen LogP contribution in [0.1, 0.15) is 44.6 Å². The summed E-state index contributed by atoms with van der Waals surface area (Å²) < 4.78 is 2.14. The van der Waals surface area contributed by atoms with Crippen molar-refractivity contribution in [2.75, 3.05) is 0 Å². The van der Waals surface area contributed by atoms with Gasteiger partial charge in [0.25, 0.3) is 0 Å². The Balaban J connectivity index is 3.14. The fourth-order valence-electron chi connectivity index (χ4n) is 1.57. The quantitative estimate of drug-likeness (QED) is 0.696. The second-order valence-corrected chi connectivity index (χ2v) is 3.30. The lowest BCUT2D eigenvalue weighted by atomic mass is 10.2. The Labute approximate surface area is 79.8 Å². The summed E-state index contributed by atoms with van der Waals surface area (Å²) in [6.07, 6.45) is 2.06. The van der Waals surface area contributed by atoms with E-state index < -0.39 is 0 Å². The molecule has 0 saturated heterocycles. The number of rotatable bonds is 3. The van der Waals surface area contributed by atoms with Crippen LogP contribution in [0.2, 0.25) is 0 Å². The number of nitrogens with zero attached hydrogens (tertiary/aromatic N) is 2. The van der Waals surface area contributed by atoms with Gasteiger partial charge in [-0.3, -0.25) is 0 Å². The topological polar surface area (TPSA) is 28.7 Å². The minimum absolute atomic E-state index is 0.430. The van der Waals surface area contributed by atoms with Crippen molar-refractivity contribution < 1.29 is 0 Å². The highest BCUT2D eigenvalue weighted by molar-refractivity contribution is 5.27. The summed E-state index contributed by atoms with van der Waals surface area (Å²) in [5, 5.41) is 8.90. The van der Waals surface area contributed by atoms with E-state index in [1.165, 1.54) is 5.69 Å². The van der Waals surface area contributed by atoms with Gasteiger partial charge in [-0.1, -0.05) is 13.8 Å². The lowest BCUT2D eigenvalue weighted by Gasteiger charge is -2.16. The zero-order valence-electron chi connectivity index (χ0n) is 8.54. The zero-order chi connectivity index (χ0) is 9.84. The molecule has 0 N–H and O–H groups in total. The van der Waals surface area contributed by atoms with Crippen LogP contribution in [0.4, 0.5) is 0 Å². The highest BCUT2D eigenvalue weighted by Crippen LogP contribution is 2.18. The first-order valence-electron chi connectivity index (χ1n) is 4.84. The van der Waals surface area contributed by atoms with Crippen LogP contribution in [0, 0.1) is 11.3 Å². The Hall–Kier alpha value is -1.23. The molecule has 0 bridgehead atoms. The number of hydrogen-bond donors (Lipinski definition) is 0. The van der Waals surface area contributed by atoms with Crippen LogP contribution in [0.3, 0.4) is 0 Å². The third-order valence-electron chi connectivity index (χ3n) is 2.51. The highest BCUT2D eigenvalue weighted by Gasteiger charge is 2.10. The van der Waals surface area contributed by atoms with Gasteiger partial charge in [-0.2, -0.15) is 5.26 Å². The number of nitriles is 1. The molecule has 0 saturated carbocycles. The SMILES string of the molecule is CCc1ccc(C#N)n1C(C)CC. The molecule has 1 heterocycles. The predicted molar refractivity (Wildman–Crippen MR) is 53.5 cm³/mol. The summed E-state index contributed by atoms with van der Waals surface area (Å²) in [6, 6.07) is 6.61. The monoisotopic (exact) mass is 176 g/mol. The van der Waals surface area contributed by atoms with Crippen LogP contribution >= 0.6 is 0 Å². The van der Waals surface area contributed by atoms with Crippen LogP contribution in [-0.2, 0) is 6.42 Å². The molecule has 1 unspecified atom stereocenters. The zero-order valence-corrected chi connectivity index (χ0v) is 8.54. The molecule has 0 aliphatic carbocycles. The highest BCUT2D eigenvalue weighted by atomic mass is 15.0. The second kappa shape index (κ2) is 4.13. The predicted octanol–water partition coefficient (Wildman–Crippen LogP) is 2.89. The van der Waals surface area contributed by atoms with E-state index in [1.807, 2.05) is 12.1 Å². The molecule has 0 radical (unpaired) electrons. The number of aryl methyl sites for hydroxylation is 1. The Morgan fingerprint density at radius 2 is 2.15 bits per heavy atom. The first-order valence-corrected chi connectivity index (χ1v) is 4.84. The van der Waals surface area contributed by atoms with Crippen LogP contribution in [0.5, 0.6) is 0 Å². The molecule has 0 spiro atoms. The van der Waals surface area contributed by atoms with Crippen molar-refractivity contribution in [3.8, 4) is 6.07 Å². The van der Waals surface area contributed by atoms with Gasteiger partial charge in [0.2, 0.25) is 0 Å². The molecule has 0 amide bonds. The number of hydrogen-bond acceptors (Lipinski definition) is 1. The average Bonchev–Trinajstić information content (AvgIpc) is 2.59. The van der Waals surface area contributed by atoms with Gasteiger partial charge in [-0.15, -0.1) is 0 Å². The first-order chi connectivity index (χ1) is 6.24. The lowest BCUT2D eigenvalue weighted by Crippen LogP contribution is -2.09. The van der Waals surface area contributed by atoms with Crippen LogP contribution in [0.25, 0.3) is 0 Å². The van der Waals surface area contributed by atoms with Crippen molar-refractivity contribution in [2.24, 2.45) is 0 Å². The van der Waals surface area contributed by atoms with E-state index in [0.29, 0.717) is 6.04 Å². The van der Waals surface area contributed by atoms with Gasteiger partial charge >= 0.3 is 0 Å². The van der Waals surface area contributed by atoms with E-state index in [4.69, 9.17) is 5.26 Å². The van der Waals surface area contributed by atoms with Gasteiger partial charge < -0.3 is 4.57 Å². The molecule has 0 aliphatic heterocycles. The van der Waals surface area contributed by atoms with Gasteiger partial charge in [0.05, 0.1) is 0 Å². The fraction of sp³-hybridized carbons (Fsp3) is 0.545. The van der Waals surface area contributed by atoms with E-state index in [0.717, 1.165) is 18.5 Å². The second-order valence-electron chi connectivity index (χ2n) is 3.30. The van der Waals surface area contributed by atoms with Crippen molar-refractivity contribution in [1.29, 1.82) is 5.26 Å². The van der Waals surface area contributed by atoms with Crippen molar-refractivity contribution >= 4 is 0 Å². The van der Waals surface area contributed by atoms with Crippen molar-refractivity contribution in [3.05, 3.63) is 23.5 Å².